The van der Waals surface area contributed by atoms with Gasteiger partial charge in [-0.05, 0) is 25.0 Å². The van der Waals surface area contributed by atoms with E-state index < -0.39 is 17.8 Å². The first-order valence-corrected chi connectivity index (χ1v) is 8.50. The van der Waals surface area contributed by atoms with Crippen LogP contribution in [-0.4, -0.2) is 46.5 Å². The number of carbonyl (C=O) groups is 2. The summed E-state index contributed by atoms with van der Waals surface area (Å²) in [7, 11) is 1.71. The zero-order valence-electron chi connectivity index (χ0n) is 15.4. The second-order valence-electron chi connectivity index (χ2n) is 6.26. The van der Waals surface area contributed by atoms with Crippen LogP contribution in [0.2, 0.25) is 0 Å². The number of likely N-dealkylation sites (tertiary alicyclic amines) is 1. The number of primary amides is 1. The maximum absolute atomic E-state index is 13.9. The van der Waals surface area contributed by atoms with Crippen molar-refractivity contribution in [2.24, 2.45) is 5.73 Å². The summed E-state index contributed by atoms with van der Waals surface area (Å²) in [5.74, 6) is 0.846. The topological polar surface area (TPSA) is 123 Å². The van der Waals surface area contributed by atoms with Crippen molar-refractivity contribution in [3.05, 3.63) is 47.4 Å². The van der Waals surface area contributed by atoms with Gasteiger partial charge >= 0.3 is 0 Å². The van der Waals surface area contributed by atoms with Gasteiger partial charge in [0, 0.05) is 30.8 Å². The third kappa shape index (κ3) is 4.84. The number of carbonyl (C=O) groups excluding carboxylic acids is 2. The van der Waals surface area contributed by atoms with E-state index in [0.717, 1.165) is 19.0 Å². The van der Waals surface area contributed by atoms with Crippen LogP contribution in [-0.2, 0) is 4.79 Å². The van der Waals surface area contributed by atoms with Gasteiger partial charge in [0.2, 0.25) is 0 Å². The summed E-state index contributed by atoms with van der Waals surface area (Å²) in [4.78, 5) is 27.4. The van der Waals surface area contributed by atoms with Crippen molar-refractivity contribution in [1.82, 2.24) is 9.88 Å². The fourth-order valence-corrected chi connectivity index (χ4v) is 2.67. The normalized spacial score (nSPS) is 16.0. The maximum Gasteiger partial charge on any atom is 0.269 e. The second kappa shape index (κ2) is 8.97. The monoisotopic (exact) mass is 384 g/mol. The molecule has 5 N–H and O–H groups in total. The number of nitrogens with two attached hydrogens (primary N) is 2. The van der Waals surface area contributed by atoms with Crippen molar-refractivity contribution >= 4 is 17.5 Å². The molecule has 1 aromatic carbocycles. The van der Waals surface area contributed by atoms with Crippen LogP contribution in [0.5, 0.6) is 0 Å². The quantitative estimate of drug-likeness (QED) is 0.671. The van der Waals surface area contributed by atoms with Crippen LogP contribution >= 0.6 is 0 Å². The Morgan fingerprint density at radius 1 is 1.43 bits per heavy atom. The van der Waals surface area contributed by atoms with Crippen molar-refractivity contribution in [2.45, 2.75) is 18.9 Å². The number of hydrogen-bond acceptors (Lipinski definition) is 5. The van der Waals surface area contributed by atoms with Crippen molar-refractivity contribution in [3.63, 3.8) is 0 Å². The van der Waals surface area contributed by atoms with Crippen LogP contribution in [0.4, 0.5) is 10.1 Å². The molecular weight excluding hydrogens is 363 g/mol. The molecule has 1 aliphatic heterocycles. The number of rotatable bonds is 2. The van der Waals surface area contributed by atoms with Crippen LogP contribution < -0.4 is 11.5 Å². The molecular formula is C20H21FN4O3. The van der Waals surface area contributed by atoms with Crippen LogP contribution in [0, 0.1) is 18.2 Å². The van der Waals surface area contributed by atoms with Crippen LogP contribution in [0.1, 0.15) is 28.9 Å². The first-order valence-electron chi connectivity index (χ1n) is 8.50. The molecule has 0 radical (unpaired) electrons. The first kappa shape index (κ1) is 20.9. The maximum atomic E-state index is 13.9. The second-order valence-corrected chi connectivity index (χ2v) is 6.26. The summed E-state index contributed by atoms with van der Waals surface area (Å²) < 4.78 is 13.9. The lowest BCUT2D eigenvalue weighted by Gasteiger charge is -2.25. The number of hydrogen-bond donors (Lipinski definition) is 3. The predicted octanol–water partition coefficient (Wildman–Crippen LogP) is 1.15. The Morgan fingerprint density at radius 2 is 2.14 bits per heavy atom. The highest BCUT2D eigenvalue weighted by Crippen LogP contribution is 2.24. The third-order valence-corrected chi connectivity index (χ3v) is 4.17. The molecule has 0 unspecified atom stereocenters. The third-order valence-electron chi connectivity index (χ3n) is 4.17. The van der Waals surface area contributed by atoms with Gasteiger partial charge in [0.1, 0.15) is 11.8 Å². The molecule has 8 heteroatoms. The van der Waals surface area contributed by atoms with Crippen molar-refractivity contribution in [3.8, 4) is 23.6 Å². The van der Waals surface area contributed by atoms with Gasteiger partial charge in [-0.15, -0.1) is 6.42 Å². The summed E-state index contributed by atoms with van der Waals surface area (Å²) in [6.07, 6.45) is 6.09. The molecule has 2 amide bonds. The van der Waals surface area contributed by atoms with Gasteiger partial charge in [-0.3, -0.25) is 9.59 Å². The zero-order valence-corrected chi connectivity index (χ0v) is 15.4. The average molecular weight is 384 g/mol. The van der Waals surface area contributed by atoms with Crippen LogP contribution in [0.15, 0.2) is 30.3 Å². The molecule has 0 bridgehead atoms. The average Bonchev–Trinajstić information content (AvgIpc) is 2.66. The Labute approximate surface area is 162 Å². The van der Waals surface area contributed by atoms with Crippen molar-refractivity contribution in [2.75, 3.05) is 19.3 Å². The number of terminal acetylenes is 1. The number of aliphatic hydroxyl groups excluding tert-OH is 1. The molecule has 2 heterocycles. The molecule has 7 nitrogen and oxygen atoms in total. The molecule has 0 spiro atoms. The van der Waals surface area contributed by atoms with Gasteiger partial charge < -0.3 is 21.5 Å². The molecule has 2 aromatic rings. The summed E-state index contributed by atoms with van der Waals surface area (Å²) in [5.41, 5.74) is 11.4. The van der Waals surface area contributed by atoms with E-state index in [9.17, 15) is 14.0 Å². The van der Waals surface area contributed by atoms with Gasteiger partial charge in [0.05, 0.1) is 5.69 Å². The lowest BCUT2D eigenvalue weighted by atomic mass is 10.1. The lowest BCUT2D eigenvalue weighted by Crippen LogP contribution is -2.41. The molecule has 1 aromatic heterocycles. The smallest absolute Gasteiger partial charge is 0.269 e. The number of aromatic nitrogens is 1. The van der Waals surface area contributed by atoms with E-state index in [4.69, 9.17) is 23.0 Å². The van der Waals surface area contributed by atoms with Crippen molar-refractivity contribution < 1.29 is 19.1 Å². The van der Waals surface area contributed by atoms with Gasteiger partial charge in [-0.1, -0.05) is 18.1 Å². The summed E-state index contributed by atoms with van der Waals surface area (Å²) >= 11 is 0. The Balaban J connectivity index is 0.000000261. The first-order chi connectivity index (χ1) is 13.2. The van der Waals surface area contributed by atoms with Gasteiger partial charge in [0.25, 0.3) is 11.8 Å². The summed E-state index contributed by atoms with van der Waals surface area (Å²) in [6.45, 7) is 0.788. The minimum Gasteiger partial charge on any atom is -0.397 e. The molecule has 1 saturated heterocycles. The number of pyridine rings is 1. The molecule has 0 saturated carbocycles. The fraction of sp³-hybridized carbons (Fsp3) is 0.250. The number of piperidine rings is 1. The van der Waals surface area contributed by atoms with E-state index >= 15 is 0 Å². The van der Waals surface area contributed by atoms with E-state index in [2.05, 4.69) is 10.9 Å². The molecule has 1 atom stereocenters. The standard InChI is InChI=1S/C14H10FN3O.C6H11NO2/c1-2-8-4-3-5-9(6-8)12-10(15)7-11(16)13(18-12)14(17)19;1-7-4-2-3-5(8)6(7)9/h1,3-7H,16H2,(H2,17,19);5,8H,2-4H2,1H3/t;5-/m.0/s1. The molecule has 0 aliphatic carbocycles. The molecule has 28 heavy (non-hydrogen) atoms. The summed E-state index contributed by atoms with van der Waals surface area (Å²) in [5, 5.41) is 8.96. The number of anilines is 1. The van der Waals surface area contributed by atoms with E-state index in [1.165, 1.54) is 0 Å². The Bertz CT molecular complexity index is 928. The van der Waals surface area contributed by atoms with E-state index in [1.54, 1.807) is 36.2 Å². The molecule has 146 valence electrons. The number of amides is 2. The summed E-state index contributed by atoms with van der Waals surface area (Å²) in [6, 6.07) is 7.62. The number of nitrogen functional groups attached to an aromatic ring is 1. The number of aliphatic hydroxyl groups is 1. The highest BCUT2D eigenvalue weighted by atomic mass is 19.1. The van der Waals surface area contributed by atoms with Gasteiger partial charge in [-0.2, -0.15) is 0 Å². The minimum absolute atomic E-state index is 0.0138. The highest BCUT2D eigenvalue weighted by Gasteiger charge is 2.23. The Hall–Kier alpha value is -3.44. The van der Waals surface area contributed by atoms with Gasteiger partial charge in [0.15, 0.2) is 11.5 Å². The number of halogens is 1. The Morgan fingerprint density at radius 3 is 2.71 bits per heavy atom. The predicted molar refractivity (Wildman–Crippen MR) is 103 cm³/mol. The fourth-order valence-electron chi connectivity index (χ4n) is 2.67. The lowest BCUT2D eigenvalue weighted by molar-refractivity contribution is -0.142. The number of likely N-dealkylation sites (N-methyl/N-ethyl adjacent to an activating group) is 1. The van der Waals surface area contributed by atoms with E-state index in [-0.39, 0.29) is 23.0 Å². The molecule has 1 aliphatic rings. The van der Waals surface area contributed by atoms with Crippen LogP contribution in [0.25, 0.3) is 11.3 Å². The number of nitrogens with zero attached hydrogens (tertiary/aromatic N) is 2. The van der Waals surface area contributed by atoms with Gasteiger partial charge in [-0.25, -0.2) is 9.37 Å². The van der Waals surface area contributed by atoms with E-state index in [1.807, 2.05) is 0 Å². The molecule has 3 rings (SSSR count). The largest absolute Gasteiger partial charge is 0.397 e. The SMILES string of the molecule is C#Cc1cccc(-c2nc(C(N)=O)c(N)cc2F)c1.CN1CCC[C@H](O)C1=O. The van der Waals surface area contributed by atoms with Crippen molar-refractivity contribution in [1.29, 1.82) is 0 Å². The van der Waals surface area contributed by atoms with E-state index in [0.29, 0.717) is 17.5 Å². The molecule has 1 fully saturated rings. The Kier molecular flexibility index (Phi) is 6.69. The highest BCUT2D eigenvalue weighted by molar-refractivity contribution is 5.96. The minimum atomic E-state index is -0.813. The van der Waals surface area contributed by atoms with Crippen LogP contribution in [0.3, 0.4) is 0 Å². The number of benzene rings is 1. The zero-order chi connectivity index (χ0) is 20.8.